The van der Waals surface area contributed by atoms with Crippen molar-refractivity contribution >= 4 is 18.3 Å². The van der Waals surface area contributed by atoms with Gasteiger partial charge in [-0.1, -0.05) is 31.5 Å². The van der Waals surface area contributed by atoms with Crippen molar-refractivity contribution in [3.8, 4) is 0 Å². The van der Waals surface area contributed by atoms with E-state index in [4.69, 9.17) is 4.74 Å². The summed E-state index contributed by atoms with van der Waals surface area (Å²) in [6, 6.07) is 10.5. The van der Waals surface area contributed by atoms with Crippen LogP contribution in [-0.4, -0.2) is 32.1 Å². The molecule has 1 rings (SSSR count). The Bertz CT molecular complexity index is 279. The van der Waals surface area contributed by atoms with Gasteiger partial charge in [0, 0.05) is 24.5 Å². The summed E-state index contributed by atoms with van der Waals surface area (Å²) in [6.07, 6.45) is 2.45. The van der Waals surface area contributed by atoms with Crippen LogP contribution >= 0.6 is 12.6 Å². The van der Waals surface area contributed by atoms with Gasteiger partial charge < -0.3 is 9.64 Å². The van der Waals surface area contributed by atoms with Crippen molar-refractivity contribution in [3.05, 3.63) is 30.3 Å². The van der Waals surface area contributed by atoms with Gasteiger partial charge in [-0.3, -0.25) is 0 Å². The lowest BCUT2D eigenvalue weighted by atomic mass is 10.2. The number of thiol groups is 1. The summed E-state index contributed by atoms with van der Waals surface area (Å²) in [5.74, 6) is 0.792. The monoisotopic (exact) mass is 253 g/mol. The first kappa shape index (κ1) is 14.4. The zero-order valence-electron chi connectivity index (χ0n) is 10.6. The van der Waals surface area contributed by atoms with Gasteiger partial charge in [-0.25, -0.2) is 0 Å². The van der Waals surface area contributed by atoms with Crippen LogP contribution in [0.1, 0.15) is 19.8 Å². The molecule has 0 aromatic heterocycles. The number of unbranched alkanes of at least 4 members (excludes halogenated alkanes) is 1. The molecular weight excluding hydrogens is 230 g/mol. The van der Waals surface area contributed by atoms with Gasteiger partial charge in [-0.05, 0) is 18.6 Å². The standard InChI is InChI=1S/C14H23NOS/c1-2-3-9-15(10-11-16-12-13-17)14-7-5-4-6-8-14/h4-8,17H,2-3,9-13H2,1H3. The lowest BCUT2D eigenvalue weighted by molar-refractivity contribution is 0.156. The predicted molar refractivity (Wildman–Crippen MR) is 78.2 cm³/mol. The molecule has 0 saturated heterocycles. The Morgan fingerprint density at radius 3 is 2.53 bits per heavy atom. The van der Waals surface area contributed by atoms with E-state index in [1.54, 1.807) is 0 Å². The third-order valence-electron chi connectivity index (χ3n) is 2.64. The highest BCUT2D eigenvalue weighted by Crippen LogP contribution is 2.13. The molecule has 0 N–H and O–H groups in total. The lowest BCUT2D eigenvalue weighted by Gasteiger charge is -2.24. The molecule has 0 radical (unpaired) electrons. The van der Waals surface area contributed by atoms with Crippen LogP contribution in [0.25, 0.3) is 0 Å². The molecule has 96 valence electrons. The molecular formula is C14H23NOS. The van der Waals surface area contributed by atoms with Crippen LogP contribution in [-0.2, 0) is 4.74 Å². The van der Waals surface area contributed by atoms with E-state index in [9.17, 15) is 0 Å². The normalized spacial score (nSPS) is 10.5. The number of nitrogens with zero attached hydrogens (tertiary/aromatic N) is 1. The smallest absolute Gasteiger partial charge is 0.0642 e. The van der Waals surface area contributed by atoms with Crippen LogP contribution in [0.3, 0.4) is 0 Å². The lowest BCUT2D eigenvalue weighted by Crippen LogP contribution is -2.28. The van der Waals surface area contributed by atoms with Crippen molar-refractivity contribution in [2.45, 2.75) is 19.8 Å². The van der Waals surface area contributed by atoms with Crippen molar-refractivity contribution in [1.29, 1.82) is 0 Å². The van der Waals surface area contributed by atoms with Gasteiger partial charge in [0.1, 0.15) is 0 Å². The zero-order valence-corrected chi connectivity index (χ0v) is 11.5. The van der Waals surface area contributed by atoms with Crippen molar-refractivity contribution in [2.24, 2.45) is 0 Å². The molecule has 1 aromatic rings. The molecule has 0 atom stereocenters. The topological polar surface area (TPSA) is 12.5 Å². The number of anilines is 1. The number of rotatable bonds is 9. The van der Waals surface area contributed by atoms with E-state index in [2.05, 4.69) is 54.8 Å². The molecule has 0 saturated carbocycles. The second kappa shape index (κ2) is 9.37. The Hall–Kier alpha value is -0.670. The Labute approximate surface area is 110 Å². The maximum absolute atomic E-state index is 5.50. The number of ether oxygens (including phenoxy) is 1. The number of hydrogen-bond donors (Lipinski definition) is 1. The molecule has 0 aliphatic heterocycles. The van der Waals surface area contributed by atoms with Crippen LogP contribution in [0, 0.1) is 0 Å². The van der Waals surface area contributed by atoms with Crippen LogP contribution in [0.5, 0.6) is 0 Å². The molecule has 0 spiro atoms. The maximum atomic E-state index is 5.50. The largest absolute Gasteiger partial charge is 0.379 e. The predicted octanol–water partition coefficient (Wildman–Crippen LogP) is 3.24. The minimum Gasteiger partial charge on any atom is -0.379 e. The zero-order chi connectivity index (χ0) is 12.3. The molecule has 3 heteroatoms. The summed E-state index contributed by atoms with van der Waals surface area (Å²) >= 11 is 4.13. The average molecular weight is 253 g/mol. The summed E-state index contributed by atoms with van der Waals surface area (Å²) in [5, 5.41) is 0. The molecule has 2 nitrogen and oxygen atoms in total. The van der Waals surface area contributed by atoms with E-state index in [1.807, 2.05) is 0 Å². The van der Waals surface area contributed by atoms with Crippen LogP contribution in [0.4, 0.5) is 5.69 Å². The van der Waals surface area contributed by atoms with Gasteiger partial charge >= 0.3 is 0 Å². The summed E-state index contributed by atoms with van der Waals surface area (Å²) in [6.45, 7) is 5.79. The second-order valence-electron chi connectivity index (χ2n) is 4.01. The van der Waals surface area contributed by atoms with E-state index in [0.29, 0.717) is 0 Å². The van der Waals surface area contributed by atoms with Crippen molar-refractivity contribution < 1.29 is 4.74 Å². The van der Waals surface area contributed by atoms with E-state index in [-0.39, 0.29) is 0 Å². The molecule has 17 heavy (non-hydrogen) atoms. The van der Waals surface area contributed by atoms with Crippen LogP contribution in [0.15, 0.2) is 30.3 Å². The fourth-order valence-corrected chi connectivity index (χ4v) is 1.83. The SMILES string of the molecule is CCCCN(CCOCCS)c1ccccc1. The first-order chi connectivity index (χ1) is 8.38. The van der Waals surface area contributed by atoms with E-state index in [0.717, 1.165) is 32.1 Å². The van der Waals surface area contributed by atoms with Gasteiger partial charge in [-0.15, -0.1) is 0 Å². The highest BCUT2D eigenvalue weighted by atomic mass is 32.1. The molecule has 0 amide bonds. The van der Waals surface area contributed by atoms with Crippen molar-refractivity contribution in [2.75, 3.05) is 37.0 Å². The van der Waals surface area contributed by atoms with Gasteiger partial charge in [0.15, 0.2) is 0 Å². The third kappa shape index (κ3) is 5.99. The van der Waals surface area contributed by atoms with Crippen molar-refractivity contribution in [3.63, 3.8) is 0 Å². The highest BCUT2D eigenvalue weighted by molar-refractivity contribution is 7.80. The van der Waals surface area contributed by atoms with E-state index in [1.165, 1.54) is 18.5 Å². The van der Waals surface area contributed by atoms with E-state index < -0.39 is 0 Å². The number of hydrogen-bond acceptors (Lipinski definition) is 3. The number of benzene rings is 1. The molecule has 0 aliphatic rings. The summed E-state index contributed by atoms with van der Waals surface area (Å²) < 4.78 is 5.50. The fraction of sp³-hybridized carbons (Fsp3) is 0.571. The Balaban J connectivity index is 2.43. The van der Waals surface area contributed by atoms with Gasteiger partial charge in [-0.2, -0.15) is 12.6 Å². The quantitative estimate of drug-likeness (QED) is 0.536. The maximum Gasteiger partial charge on any atom is 0.0642 e. The van der Waals surface area contributed by atoms with Crippen LogP contribution in [0.2, 0.25) is 0 Å². The van der Waals surface area contributed by atoms with Crippen LogP contribution < -0.4 is 4.90 Å². The first-order valence-corrected chi connectivity index (χ1v) is 7.00. The minimum atomic E-state index is 0.736. The Morgan fingerprint density at radius 2 is 1.88 bits per heavy atom. The molecule has 0 unspecified atom stereocenters. The van der Waals surface area contributed by atoms with Gasteiger partial charge in [0.25, 0.3) is 0 Å². The molecule has 0 heterocycles. The Kier molecular flexibility index (Phi) is 7.93. The third-order valence-corrected chi connectivity index (χ3v) is 2.83. The summed E-state index contributed by atoms with van der Waals surface area (Å²) in [7, 11) is 0. The fourth-order valence-electron chi connectivity index (χ4n) is 1.70. The molecule has 0 aliphatic carbocycles. The Morgan fingerprint density at radius 1 is 1.12 bits per heavy atom. The molecule has 0 bridgehead atoms. The first-order valence-electron chi connectivity index (χ1n) is 6.37. The molecule has 0 fully saturated rings. The minimum absolute atomic E-state index is 0.736. The second-order valence-corrected chi connectivity index (χ2v) is 4.46. The number of para-hydroxylation sites is 1. The average Bonchev–Trinajstić information content (AvgIpc) is 2.39. The highest BCUT2D eigenvalue weighted by Gasteiger charge is 2.04. The van der Waals surface area contributed by atoms with E-state index >= 15 is 0 Å². The summed E-state index contributed by atoms with van der Waals surface area (Å²) in [5.41, 5.74) is 1.29. The van der Waals surface area contributed by atoms with Gasteiger partial charge in [0.2, 0.25) is 0 Å². The molecule has 1 aromatic carbocycles. The van der Waals surface area contributed by atoms with Crippen molar-refractivity contribution in [1.82, 2.24) is 0 Å². The summed E-state index contributed by atoms with van der Waals surface area (Å²) in [4.78, 5) is 2.39. The van der Waals surface area contributed by atoms with Gasteiger partial charge in [0.05, 0.1) is 13.2 Å².